The summed E-state index contributed by atoms with van der Waals surface area (Å²) in [5, 5.41) is 12.4. The zero-order valence-corrected chi connectivity index (χ0v) is 17.8. The van der Waals surface area contributed by atoms with Gasteiger partial charge in [-0.05, 0) is 44.8 Å². The Morgan fingerprint density at radius 3 is 2.76 bits per heavy atom. The normalized spacial score (nSPS) is 16.3. The van der Waals surface area contributed by atoms with Gasteiger partial charge in [-0.3, -0.25) is 4.90 Å². The molecule has 0 amide bonds. The highest BCUT2D eigenvalue weighted by Crippen LogP contribution is 2.37. The smallest absolute Gasteiger partial charge is 0.352 e. The summed E-state index contributed by atoms with van der Waals surface area (Å²) in [6.07, 6.45) is 0.977. The number of hydrogen-bond acceptors (Lipinski definition) is 6. The van der Waals surface area contributed by atoms with E-state index in [4.69, 9.17) is 11.8 Å². The summed E-state index contributed by atoms with van der Waals surface area (Å²) in [7, 11) is 0. The number of nitrogens with zero attached hydrogens (tertiary/aromatic N) is 6. The SMILES string of the molecule is [C-]#[N+]c1cnc(NC(C)C2CCN(CC#N)CC2)nc1-c1c[nH]c2ncc(C(F)(F)F)cc12. The van der Waals surface area contributed by atoms with Crippen molar-refractivity contribution in [2.24, 2.45) is 5.92 Å². The first kappa shape index (κ1) is 22.5. The van der Waals surface area contributed by atoms with Crippen molar-refractivity contribution in [3.8, 4) is 17.3 Å². The van der Waals surface area contributed by atoms with E-state index in [0.717, 1.165) is 38.2 Å². The fourth-order valence-electron chi connectivity index (χ4n) is 4.11. The third-order valence-corrected chi connectivity index (χ3v) is 5.99. The van der Waals surface area contributed by atoms with E-state index in [0.29, 0.717) is 24.0 Å². The van der Waals surface area contributed by atoms with Gasteiger partial charge in [0, 0.05) is 35.6 Å². The highest BCUT2D eigenvalue weighted by atomic mass is 19.4. The van der Waals surface area contributed by atoms with Gasteiger partial charge in [0.2, 0.25) is 11.6 Å². The first-order valence-electron chi connectivity index (χ1n) is 10.4. The van der Waals surface area contributed by atoms with Crippen LogP contribution in [0.5, 0.6) is 0 Å². The predicted molar refractivity (Wildman–Crippen MR) is 116 cm³/mol. The van der Waals surface area contributed by atoms with Crippen molar-refractivity contribution in [2.75, 3.05) is 25.0 Å². The van der Waals surface area contributed by atoms with Crippen molar-refractivity contribution in [1.82, 2.24) is 24.8 Å². The van der Waals surface area contributed by atoms with Gasteiger partial charge in [0.1, 0.15) is 5.65 Å². The molecule has 1 atom stereocenters. The number of alkyl halides is 3. The number of aromatic nitrogens is 4. The largest absolute Gasteiger partial charge is 0.417 e. The highest BCUT2D eigenvalue weighted by Gasteiger charge is 2.32. The maximum absolute atomic E-state index is 13.2. The molecule has 0 saturated carbocycles. The lowest BCUT2D eigenvalue weighted by Gasteiger charge is -2.33. The van der Waals surface area contributed by atoms with Gasteiger partial charge < -0.3 is 10.3 Å². The van der Waals surface area contributed by atoms with Crippen molar-refractivity contribution in [3.63, 3.8) is 0 Å². The van der Waals surface area contributed by atoms with Crippen LogP contribution in [0.2, 0.25) is 0 Å². The lowest BCUT2D eigenvalue weighted by Crippen LogP contribution is -2.39. The molecule has 3 aromatic rings. The van der Waals surface area contributed by atoms with Crippen LogP contribution in [0, 0.1) is 23.8 Å². The van der Waals surface area contributed by atoms with Crippen LogP contribution >= 0.6 is 0 Å². The van der Waals surface area contributed by atoms with Crippen molar-refractivity contribution < 1.29 is 13.2 Å². The maximum atomic E-state index is 13.2. The van der Waals surface area contributed by atoms with Gasteiger partial charge in [0.05, 0.1) is 30.4 Å². The van der Waals surface area contributed by atoms with Crippen LogP contribution in [-0.2, 0) is 6.18 Å². The Morgan fingerprint density at radius 2 is 2.09 bits per heavy atom. The van der Waals surface area contributed by atoms with E-state index in [1.165, 1.54) is 12.4 Å². The lowest BCUT2D eigenvalue weighted by molar-refractivity contribution is -0.137. The number of halogens is 3. The van der Waals surface area contributed by atoms with Gasteiger partial charge in [-0.2, -0.15) is 18.4 Å². The number of nitriles is 1. The number of pyridine rings is 1. The minimum atomic E-state index is -4.53. The van der Waals surface area contributed by atoms with Gasteiger partial charge in [-0.1, -0.05) is 0 Å². The molecule has 2 N–H and O–H groups in total. The molecule has 1 aliphatic rings. The second kappa shape index (κ2) is 9.04. The molecule has 0 spiro atoms. The van der Waals surface area contributed by atoms with Crippen LogP contribution < -0.4 is 5.32 Å². The molecule has 1 fully saturated rings. The molecule has 11 heteroatoms. The molecule has 170 valence electrons. The zero-order chi connectivity index (χ0) is 23.6. The van der Waals surface area contributed by atoms with E-state index in [1.54, 1.807) is 0 Å². The zero-order valence-electron chi connectivity index (χ0n) is 17.8. The summed E-state index contributed by atoms with van der Waals surface area (Å²) in [4.78, 5) is 21.0. The van der Waals surface area contributed by atoms with E-state index in [1.807, 2.05) is 6.92 Å². The van der Waals surface area contributed by atoms with Crippen molar-refractivity contribution in [3.05, 3.63) is 41.6 Å². The van der Waals surface area contributed by atoms with Gasteiger partial charge in [-0.15, -0.1) is 0 Å². The Bertz CT molecular complexity index is 1230. The summed E-state index contributed by atoms with van der Waals surface area (Å²) >= 11 is 0. The third kappa shape index (κ3) is 4.73. The topological polar surface area (TPSA) is 97.9 Å². The summed E-state index contributed by atoms with van der Waals surface area (Å²) in [6.45, 7) is 11.6. The first-order valence-corrected chi connectivity index (χ1v) is 10.4. The molecule has 0 aromatic carbocycles. The summed E-state index contributed by atoms with van der Waals surface area (Å²) in [5.74, 6) is 0.665. The molecule has 0 bridgehead atoms. The fraction of sp³-hybridized carbons (Fsp3) is 0.409. The summed E-state index contributed by atoms with van der Waals surface area (Å²) < 4.78 is 39.6. The Morgan fingerprint density at radius 1 is 1.33 bits per heavy atom. The maximum Gasteiger partial charge on any atom is 0.417 e. The predicted octanol–water partition coefficient (Wildman–Crippen LogP) is 4.63. The quantitative estimate of drug-likeness (QED) is 0.431. The van der Waals surface area contributed by atoms with E-state index in [-0.39, 0.29) is 28.5 Å². The van der Waals surface area contributed by atoms with E-state index in [9.17, 15) is 13.2 Å². The molecule has 33 heavy (non-hydrogen) atoms. The van der Waals surface area contributed by atoms with Crippen molar-refractivity contribution in [1.29, 1.82) is 5.26 Å². The highest BCUT2D eigenvalue weighted by molar-refractivity contribution is 5.96. The minimum Gasteiger partial charge on any atom is -0.352 e. The number of rotatable bonds is 5. The monoisotopic (exact) mass is 454 g/mol. The number of likely N-dealkylation sites (tertiary alicyclic amines) is 1. The second-order valence-electron chi connectivity index (χ2n) is 8.06. The van der Waals surface area contributed by atoms with Crippen LogP contribution in [0.1, 0.15) is 25.3 Å². The molecule has 4 heterocycles. The second-order valence-corrected chi connectivity index (χ2v) is 8.06. The Hall–Kier alpha value is -3.70. The van der Waals surface area contributed by atoms with Gasteiger partial charge >= 0.3 is 6.18 Å². The lowest BCUT2D eigenvalue weighted by atomic mass is 9.90. The molecule has 1 aliphatic heterocycles. The van der Waals surface area contributed by atoms with Crippen molar-refractivity contribution >= 4 is 22.7 Å². The summed E-state index contributed by atoms with van der Waals surface area (Å²) in [5.41, 5.74) is 0.142. The molecule has 8 nitrogen and oxygen atoms in total. The van der Waals surface area contributed by atoms with Crippen molar-refractivity contribution in [2.45, 2.75) is 32.0 Å². The number of piperidine rings is 1. The standard InChI is InChI=1S/C22H21F3N8/c1-13(14-3-6-33(7-4-14)8-5-26)31-21-30-12-18(27-2)19(32-21)17-11-29-20-16(17)9-15(10-28-20)22(23,24)25/h9-14H,3-4,6-8H2,1H3,(H,28,29)(H,30,31,32). The van der Waals surface area contributed by atoms with Crippen LogP contribution in [0.4, 0.5) is 24.8 Å². The Labute approximate surface area is 188 Å². The molecular formula is C22H21F3N8. The Balaban J connectivity index is 1.61. The van der Waals surface area contributed by atoms with E-state index >= 15 is 0 Å². The molecule has 4 rings (SSSR count). The third-order valence-electron chi connectivity index (χ3n) is 5.99. The molecule has 1 saturated heterocycles. The molecule has 1 unspecified atom stereocenters. The number of hydrogen-bond donors (Lipinski definition) is 2. The number of nitrogens with one attached hydrogen (secondary N) is 2. The molecule has 0 aliphatic carbocycles. The number of fused-ring (bicyclic) bond motifs is 1. The summed E-state index contributed by atoms with van der Waals surface area (Å²) in [6, 6.07) is 3.23. The number of anilines is 1. The van der Waals surface area contributed by atoms with E-state index < -0.39 is 11.7 Å². The molecule has 3 aromatic heterocycles. The van der Waals surface area contributed by atoms with E-state index in [2.05, 4.69) is 41.1 Å². The van der Waals surface area contributed by atoms with Crippen LogP contribution in [0.25, 0.3) is 27.1 Å². The van der Waals surface area contributed by atoms with Gasteiger partial charge in [-0.25, -0.2) is 19.8 Å². The number of aromatic amines is 1. The fourth-order valence-corrected chi connectivity index (χ4v) is 4.11. The number of H-pyrrole nitrogens is 1. The average molecular weight is 454 g/mol. The molecular weight excluding hydrogens is 433 g/mol. The first-order chi connectivity index (χ1) is 15.8. The Kier molecular flexibility index (Phi) is 6.16. The van der Waals surface area contributed by atoms with Gasteiger partial charge in [0.15, 0.2) is 0 Å². The van der Waals surface area contributed by atoms with Crippen LogP contribution in [0.3, 0.4) is 0 Å². The average Bonchev–Trinajstić information content (AvgIpc) is 3.22. The van der Waals surface area contributed by atoms with Gasteiger partial charge in [0.25, 0.3) is 0 Å². The van der Waals surface area contributed by atoms with Crippen LogP contribution in [0.15, 0.2) is 24.7 Å². The molecule has 0 radical (unpaired) electrons. The minimum absolute atomic E-state index is 0.0438. The van der Waals surface area contributed by atoms with Crippen LogP contribution in [-0.4, -0.2) is 50.5 Å².